The molecular weight excluding hydrogens is 276 g/mol. The van der Waals surface area contributed by atoms with Gasteiger partial charge in [0.1, 0.15) is 16.7 Å². The van der Waals surface area contributed by atoms with Gasteiger partial charge in [0.15, 0.2) is 0 Å². The Morgan fingerprint density at radius 1 is 1.72 bits per heavy atom. The fraction of sp³-hybridized carbons (Fsp3) is 0.500. The van der Waals surface area contributed by atoms with Gasteiger partial charge in [-0.2, -0.15) is 0 Å². The maximum absolute atomic E-state index is 11.8. The highest BCUT2D eigenvalue weighted by atomic mass is 35.5. The molecule has 2 heterocycles. The molecular formula is C10H15ClN4O2S. The molecule has 1 aliphatic rings. The summed E-state index contributed by atoms with van der Waals surface area (Å²) in [6.45, 7) is 0.998. The SMILES string of the molecule is CN1CCC(NC(=O)c2csc(CN)n2)C1=O.Cl. The van der Waals surface area contributed by atoms with Crippen LogP contribution < -0.4 is 11.1 Å². The maximum atomic E-state index is 11.8. The number of aromatic nitrogens is 1. The average molecular weight is 291 g/mol. The van der Waals surface area contributed by atoms with Gasteiger partial charge in [0.2, 0.25) is 5.91 Å². The average Bonchev–Trinajstić information content (AvgIpc) is 2.91. The molecule has 0 saturated carbocycles. The Balaban J connectivity index is 0.00000162. The Morgan fingerprint density at radius 3 is 2.94 bits per heavy atom. The number of likely N-dealkylation sites (tertiary alicyclic amines) is 1. The van der Waals surface area contributed by atoms with E-state index in [1.807, 2.05) is 0 Å². The highest BCUT2D eigenvalue weighted by Crippen LogP contribution is 2.12. The number of nitrogens with one attached hydrogen (secondary N) is 1. The van der Waals surface area contributed by atoms with E-state index in [1.54, 1.807) is 17.3 Å². The Labute approximate surface area is 115 Å². The zero-order chi connectivity index (χ0) is 12.4. The molecule has 100 valence electrons. The van der Waals surface area contributed by atoms with Gasteiger partial charge < -0.3 is 16.0 Å². The lowest BCUT2D eigenvalue weighted by Gasteiger charge is -2.11. The normalized spacial score (nSPS) is 18.7. The molecule has 6 nitrogen and oxygen atoms in total. The van der Waals surface area contributed by atoms with E-state index in [4.69, 9.17) is 5.73 Å². The third-order valence-corrected chi connectivity index (χ3v) is 3.56. The Morgan fingerprint density at radius 2 is 2.44 bits per heavy atom. The standard InChI is InChI=1S/C10H14N4O2S.ClH/c1-14-3-2-6(10(14)16)13-9(15)7-5-17-8(4-11)12-7;/h5-6H,2-4,11H2,1H3,(H,13,15);1H. The highest BCUT2D eigenvalue weighted by molar-refractivity contribution is 7.09. The Kier molecular flexibility index (Phi) is 5.06. The fourth-order valence-electron chi connectivity index (χ4n) is 1.70. The third kappa shape index (κ3) is 2.98. The monoisotopic (exact) mass is 290 g/mol. The van der Waals surface area contributed by atoms with Gasteiger partial charge in [0, 0.05) is 25.5 Å². The molecule has 18 heavy (non-hydrogen) atoms. The van der Waals surface area contributed by atoms with E-state index in [2.05, 4.69) is 10.3 Å². The summed E-state index contributed by atoms with van der Waals surface area (Å²) in [5, 5.41) is 5.05. The van der Waals surface area contributed by atoms with Crippen LogP contribution in [-0.4, -0.2) is 41.3 Å². The summed E-state index contributed by atoms with van der Waals surface area (Å²) in [4.78, 5) is 29.1. The maximum Gasteiger partial charge on any atom is 0.271 e. The first-order chi connectivity index (χ1) is 8.11. The van der Waals surface area contributed by atoms with Gasteiger partial charge in [-0.15, -0.1) is 23.7 Å². The Hall–Kier alpha value is -1.18. The summed E-state index contributed by atoms with van der Waals surface area (Å²) >= 11 is 1.34. The number of nitrogens with zero attached hydrogens (tertiary/aromatic N) is 2. The van der Waals surface area contributed by atoms with Crippen LogP contribution in [0.1, 0.15) is 21.9 Å². The van der Waals surface area contributed by atoms with Crippen molar-refractivity contribution in [2.75, 3.05) is 13.6 Å². The van der Waals surface area contributed by atoms with Gasteiger partial charge in [0.25, 0.3) is 5.91 Å². The van der Waals surface area contributed by atoms with Crippen LogP contribution in [0.25, 0.3) is 0 Å². The molecule has 1 fully saturated rings. The zero-order valence-corrected chi connectivity index (χ0v) is 11.5. The van der Waals surface area contributed by atoms with Crippen molar-refractivity contribution in [3.63, 3.8) is 0 Å². The van der Waals surface area contributed by atoms with Crippen LogP contribution in [-0.2, 0) is 11.3 Å². The fourth-order valence-corrected chi connectivity index (χ4v) is 2.35. The summed E-state index contributed by atoms with van der Waals surface area (Å²) in [6, 6.07) is -0.421. The van der Waals surface area contributed by atoms with Crippen LogP contribution in [0.2, 0.25) is 0 Å². The molecule has 0 aromatic carbocycles. The van der Waals surface area contributed by atoms with E-state index in [9.17, 15) is 9.59 Å². The first-order valence-electron chi connectivity index (χ1n) is 5.32. The number of likely N-dealkylation sites (N-methyl/N-ethyl adjacent to an activating group) is 1. The lowest BCUT2D eigenvalue weighted by molar-refractivity contribution is -0.128. The quantitative estimate of drug-likeness (QED) is 0.819. The summed E-state index contributed by atoms with van der Waals surface area (Å²) in [5.74, 6) is -0.359. The van der Waals surface area contributed by atoms with E-state index in [-0.39, 0.29) is 24.2 Å². The summed E-state index contributed by atoms with van der Waals surface area (Å²) in [5.41, 5.74) is 5.75. The predicted molar refractivity (Wildman–Crippen MR) is 70.8 cm³/mol. The first-order valence-corrected chi connectivity index (χ1v) is 6.20. The molecule has 0 aliphatic carbocycles. The lowest BCUT2D eigenvalue weighted by atomic mass is 10.2. The molecule has 8 heteroatoms. The van der Waals surface area contributed by atoms with Crippen molar-refractivity contribution in [3.8, 4) is 0 Å². The van der Waals surface area contributed by atoms with Gasteiger partial charge in [-0.25, -0.2) is 4.98 Å². The molecule has 1 saturated heterocycles. The van der Waals surface area contributed by atoms with Gasteiger partial charge in [-0.05, 0) is 6.42 Å². The van der Waals surface area contributed by atoms with Gasteiger partial charge in [-0.1, -0.05) is 0 Å². The molecule has 2 amide bonds. The second-order valence-electron chi connectivity index (χ2n) is 3.91. The molecule has 1 aromatic heterocycles. The largest absolute Gasteiger partial charge is 0.344 e. The minimum atomic E-state index is -0.421. The summed E-state index contributed by atoms with van der Waals surface area (Å²) in [6.07, 6.45) is 0.648. The van der Waals surface area contributed by atoms with E-state index in [1.165, 1.54) is 11.3 Å². The van der Waals surface area contributed by atoms with Crippen LogP contribution in [0.3, 0.4) is 0 Å². The van der Waals surface area contributed by atoms with E-state index in [0.717, 1.165) is 0 Å². The molecule has 1 aromatic rings. The van der Waals surface area contributed by atoms with Crippen LogP contribution >= 0.6 is 23.7 Å². The van der Waals surface area contributed by atoms with Crippen LogP contribution in [0.15, 0.2) is 5.38 Å². The lowest BCUT2D eigenvalue weighted by Crippen LogP contribution is -2.40. The summed E-state index contributed by atoms with van der Waals surface area (Å²) in [7, 11) is 1.73. The number of carbonyl (C=O) groups excluding carboxylic acids is 2. The van der Waals surface area contributed by atoms with E-state index >= 15 is 0 Å². The minimum absolute atomic E-state index is 0. The Bertz CT molecular complexity index is 451. The number of carbonyl (C=O) groups is 2. The third-order valence-electron chi connectivity index (χ3n) is 2.69. The number of halogens is 1. The van der Waals surface area contributed by atoms with Crippen molar-refractivity contribution in [2.24, 2.45) is 5.73 Å². The molecule has 0 spiro atoms. The summed E-state index contributed by atoms with van der Waals surface area (Å²) < 4.78 is 0. The molecule has 2 rings (SSSR count). The van der Waals surface area contributed by atoms with Gasteiger partial charge in [-0.3, -0.25) is 9.59 Å². The van der Waals surface area contributed by atoms with Crippen molar-refractivity contribution in [1.82, 2.24) is 15.2 Å². The number of rotatable bonds is 3. The van der Waals surface area contributed by atoms with Crippen LogP contribution in [0, 0.1) is 0 Å². The van der Waals surface area contributed by atoms with Crippen molar-refractivity contribution >= 4 is 35.6 Å². The molecule has 1 unspecified atom stereocenters. The predicted octanol–water partition coefficient (Wildman–Crippen LogP) is -0.0159. The smallest absolute Gasteiger partial charge is 0.271 e. The van der Waals surface area contributed by atoms with E-state index in [0.29, 0.717) is 30.2 Å². The number of thiazole rings is 1. The van der Waals surface area contributed by atoms with E-state index < -0.39 is 6.04 Å². The number of nitrogens with two attached hydrogens (primary N) is 1. The zero-order valence-electron chi connectivity index (χ0n) is 9.88. The van der Waals surface area contributed by atoms with Crippen LogP contribution in [0.4, 0.5) is 0 Å². The van der Waals surface area contributed by atoms with Gasteiger partial charge in [0.05, 0.1) is 0 Å². The number of amides is 2. The second kappa shape index (κ2) is 6.12. The number of hydrogen-bond donors (Lipinski definition) is 2. The van der Waals surface area contributed by atoms with Crippen molar-refractivity contribution in [3.05, 3.63) is 16.1 Å². The van der Waals surface area contributed by atoms with Gasteiger partial charge >= 0.3 is 0 Å². The molecule has 0 bridgehead atoms. The minimum Gasteiger partial charge on any atom is -0.344 e. The van der Waals surface area contributed by atoms with Crippen molar-refractivity contribution < 1.29 is 9.59 Å². The highest BCUT2D eigenvalue weighted by Gasteiger charge is 2.30. The number of hydrogen-bond acceptors (Lipinski definition) is 5. The van der Waals surface area contributed by atoms with Crippen LogP contribution in [0.5, 0.6) is 0 Å². The molecule has 3 N–H and O–H groups in total. The van der Waals surface area contributed by atoms with Crippen molar-refractivity contribution in [2.45, 2.75) is 19.0 Å². The first kappa shape index (κ1) is 14.9. The van der Waals surface area contributed by atoms with Crippen molar-refractivity contribution in [1.29, 1.82) is 0 Å². The second-order valence-corrected chi connectivity index (χ2v) is 4.85. The molecule has 1 atom stereocenters. The topological polar surface area (TPSA) is 88.3 Å². The molecule has 0 radical (unpaired) electrons. The molecule has 1 aliphatic heterocycles.